The number of hydrogen-bond donors (Lipinski definition) is 1. The van der Waals surface area contributed by atoms with Crippen LogP contribution in [-0.4, -0.2) is 11.1 Å². The number of halogens is 3. The molecule has 0 heterocycles. The summed E-state index contributed by atoms with van der Waals surface area (Å²) in [5, 5.41) is -0.0818. The summed E-state index contributed by atoms with van der Waals surface area (Å²) in [5.74, 6) is 0. The Morgan fingerprint density at radius 3 is 2.44 bits per heavy atom. The Hall–Kier alpha value is -0.800. The highest BCUT2D eigenvalue weighted by atomic mass is 31.1. The second-order valence-corrected chi connectivity index (χ2v) is 4.54. The Kier molecular flexibility index (Phi) is 4.16. The molecular formula is C10H12F3O2P. The van der Waals surface area contributed by atoms with Gasteiger partial charge in [-0.15, -0.1) is 0 Å². The van der Waals surface area contributed by atoms with Crippen LogP contribution in [0.15, 0.2) is 18.2 Å². The first-order valence-electron chi connectivity index (χ1n) is 4.76. The van der Waals surface area contributed by atoms with E-state index in [0.29, 0.717) is 12.0 Å². The molecule has 1 atom stereocenters. The SMILES string of the molecule is CCc1cccc([PH](=O)O)c1CC(F)(F)F. The highest BCUT2D eigenvalue weighted by Gasteiger charge is 2.30. The van der Waals surface area contributed by atoms with Crippen molar-refractivity contribution in [1.29, 1.82) is 0 Å². The number of alkyl halides is 3. The van der Waals surface area contributed by atoms with Crippen molar-refractivity contribution in [2.75, 3.05) is 0 Å². The predicted octanol–water partition coefficient (Wildman–Crippen LogP) is 2.45. The van der Waals surface area contributed by atoms with Crippen molar-refractivity contribution >= 4 is 13.3 Å². The van der Waals surface area contributed by atoms with Gasteiger partial charge in [-0.25, -0.2) is 0 Å². The molecule has 0 fully saturated rings. The molecule has 0 aliphatic carbocycles. The molecule has 1 unspecified atom stereocenters. The van der Waals surface area contributed by atoms with E-state index in [1.54, 1.807) is 13.0 Å². The molecule has 0 aromatic heterocycles. The molecule has 1 aromatic carbocycles. The molecule has 0 amide bonds. The van der Waals surface area contributed by atoms with Gasteiger partial charge < -0.3 is 4.89 Å². The van der Waals surface area contributed by atoms with E-state index in [1.165, 1.54) is 12.1 Å². The molecule has 6 heteroatoms. The highest BCUT2D eigenvalue weighted by Crippen LogP contribution is 2.27. The molecule has 0 radical (unpaired) electrons. The van der Waals surface area contributed by atoms with Crippen molar-refractivity contribution in [2.24, 2.45) is 0 Å². The van der Waals surface area contributed by atoms with Crippen LogP contribution in [0.1, 0.15) is 18.1 Å². The molecule has 0 saturated heterocycles. The van der Waals surface area contributed by atoms with E-state index in [4.69, 9.17) is 4.89 Å². The van der Waals surface area contributed by atoms with Crippen LogP contribution in [0.5, 0.6) is 0 Å². The van der Waals surface area contributed by atoms with Gasteiger partial charge in [-0.3, -0.25) is 4.57 Å². The zero-order valence-electron chi connectivity index (χ0n) is 8.64. The third-order valence-corrected chi connectivity index (χ3v) is 3.19. The molecule has 0 saturated carbocycles. The third-order valence-electron chi connectivity index (χ3n) is 2.26. The minimum absolute atomic E-state index is 0.0520. The van der Waals surface area contributed by atoms with Crippen LogP contribution in [0.25, 0.3) is 0 Å². The van der Waals surface area contributed by atoms with Crippen LogP contribution in [0.4, 0.5) is 13.2 Å². The second kappa shape index (κ2) is 5.02. The summed E-state index contributed by atoms with van der Waals surface area (Å²) in [4.78, 5) is 9.00. The van der Waals surface area contributed by atoms with E-state index in [2.05, 4.69) is 0 Å². The topological polar surface area (TPSA) is 37.3 Å². The Bertz CT molecular complexity index is 402. The summed E-state index contributed by atoms with van der Waals surface area (Å²) in [6.07, 6.45) is -5.10. The maximum Gasteiger partial charge on any atom is 0.393 e. The third kappa shape index (κ3) is 3.35. The molecule has 90 valence electrons. The van der Waals surface area contributed by atoms with Crippen molar-refractivity contribution < 1.29 is 22.6 Å². The van der Waals surface area contributed by atoms with Gasteiger partial charge in [-0.2, -0.15) is 13.2 Å². The van der Waals surface area contributed by atoms with Gasteiger partial charge in [0.15, 0.2) is 0 Å². The van der Waals surface area contributed by atoms with E-state index >= 15 is 0 Å². The second-order valence-electron chi connectivity index (χ2n) is 3.39. The monoisotopic (exact) mass is 252 g/mol. The lowest BCUT2D eigenvalue weighted by Gasteiger charge is -2.14. The molecular weight excluding hydrogens is 240 g/mol. The van der Waals surface area contributed by atoms with Gasteiger partial charge in [-0.1, -0.05) is 19.1 Å². The maximum absolute atomic E-state index is 12.3. The molecule has 2 nitrogen and oxygen atoms in total. The first kappa shape index (κ1) is 13.3. The molecule has 1 N–H and O–H groups in total. The average molecular weight is 252 g/mol. The normalized spacial score (nSPS) is 13.8. The van der Waals surface area contributed by atoms with E-state index in [9.17, 15) is 17.7 Å². The van der Waals surface area contributed by atoms with E-state index in [-0.39, 0.29) is 10.9 Å². The van der Waals surface area contributed by atoms with Crippen molar-refractivity contribution in [1.82, 2.24) is 0 Å². The van der Waals surface area contributed by atoms with Crippen molar-refractivity contribution in [3.8, 4) is 0 Å². The van der Waals surface area contributed by atoms with Crippen LogP contribution in [0.3, 0.4) is 0 Å². The van der Waals surface area contributed by atoms with Gasteiger partial charge in [0.1, 0.15) is 0 Å². The fourth-order valence-corrected chi connectivity index (χ4v) is 2.32. The predicted molar refractivity (Wildman–Crippen MR) is 56.4 cm³/mol. The van der Waals surface area contributed by atoms with Crippen LogP contribution < -0.4 is 5.30 Å². The molecule has 0 bridgehead atoms. The minimum atomic E-state index is -4.36. The number of hydrogen-bond acceptors (Lipinski definition) is 1. The molecule has 16 heavy (non-hydrogen) atoms. The zero-order chi connectivity index (χ0) is 12.3. The largest absolute Gasteiger partial charge is 0.393 e. The summed E-state index contributed by atoms with van der Waals surface area (Å²) in [7, 11) is -3.10. The highest BCUT2D eigenvalue weighted by molar-refractivity contribution is 7.47. The van der Waals surface area contributed by atoms with Gasteiger partial charge in [-0.05, 0) is 23.6 Å². The maximum atomic E-state index is 12.3. The van der Waals surface area contributed by atoms with Gasteiger partial charge in [0.25, 0.3) is 0 Å². The van der Waals surface area contributed by atoms with E-state index in [1.807, 2.05) is 0 Å². The standard InChI is InChI=1S/C10H12F3O2P/c1-2-7-4-3-5-9(16(14)15)8(7)6-10(11,12)13/h3-5,16H,2,6H2,1H3,(H,14,15). The van der Waals surface area contributed by atoms with Crippen LogP contribution in [0, 0.1) is 0 Å². The summed E-state index contributed by atoms with van der Waals surface area (Å²) in [5.41, 5.74) is 0.422. The lowest BCUT2D eigenvalue weighted by Crippen LogP contribution is -2.19. The number of benzene rings is 1. The van der Waals surface area contributed by atoms with Gasteiger partial charge >= 0.3 is 6.18 Å². The fourth-order valence-electron chi connectivity index (χ4n) is 1.58. The van der Waals surface area contributed by atoms with Crippen LogP contribution >= 0.6 is 8.03 Å². The van der Waals surface area contributed by atoms with Gasteiger partial charge in [0.05, 0.1) is 6.42 Å². The lowest BCUT2D eigenvalue weighted by atomic mass is 10.0. The summed E-state index contributed by atoms with van der Waals surface area (Å²) in [6.45, 7) is 1.72. The van der Waals surface area contributed by atoms with Crippen LogP contribution in [0.2, 0.25) is 0 Å². The number of aryl methyl sites for hydroxylation is 1. The Morgan fingerprint density at radius 1 is 1.38 bits per heavy atom. The van der Waals surface area contributed by atoms with Crippen LogP contribution in [-0.2, 0) is 17.4 Å². The fraction of sp³-hybridized carbons (Fsp3) is 0.400. The summed E-state index contributed by atoms with van der Waals surface area (Å²) in [6, 6.07) is 4.34. The number of rotatable bonds is 3. The van der Waals surface area contributed by atoms with Crippen molar-refractivity contribution in [3.05, 3.63) is 29.3 Å². The molecule has 1 aromatic rings. The smallest absolute Gasteiger partial charge is 0.343 e. The van der Waals surface area contributed by atoms with Crippen molar-refractivity contribution in [3.63, 3.8) is 0 Å². The Morgan fingerprint density at radius 2 is 2.00 bits per heavy atom. The molecule has 1 rings (SSSR count). The molecule has 0 aliphatic rings. The first-order chi connectivity index (χ1) is 7.35. The van der Waals surface area contributed by atoms with E-state index in [0.717, 1.165) is 0 Å². The van der Waals surface area contributed by atoms with E-state index < -0.39 is 20.6 Å². The van der Waals surface area contributed by atoms with Crippen molar-refractivity contribution in [2.45, 2.75) is 25.9 Å². The Labute approximate surface area is 92.0 Å². The first-order valence-corrected chi connectivity index (χ1v) is 6.11. The van der Waals surface area contributed by atoms with Gasteiger partial charge in [0, 0.05) is 5.30 Å². The lowest BCUT2D eigenvalue weighted by molar-refractivity contribution is -0.127. The summed E-state index contributed by atoms with van der Waals surface area (Å²) < 4.78 is 48.0. The zero-order valence-corrected chi connectivity index (χ0v) is 9.64. The van der Waals surface area contributed by atoms with Gasteiger partial charge in [0.2, 0.25) is 8.03 Å². The molecule has 0 aliphatic heterocycles. The quantitative estimate of drug-likeness (QED) is 0.839. The average Bonchev–Trinajstić information content (AvgIpc) is 2.15. The summed E-state index contributed by atoms with van der Waals surface area (Å²) >= 11 is 0. The minimum Gasteiger partial charge on any atom is -0.343 e. The molecule has 0 spiro atoms. The Balaban J connectivity index is 3.25.